The number of hydrogen-bond acceptors (Lipinski definition) is 3. The van der Waals surface area contributed by atoms with E-state index in [-0.39, 0.29) is 6.03 Å². The van der Waals surface area contributed by atoms with Gasteiger partial charge in [-0.1, -0.05) is 29.8 Å². The maximum absolute atomic E-state index is 12.3. The van der Waals surface area contributed by atoms with Gasteiger partial charge in [0.15, 0.2) is 0 Å². The molecule has 102 valence electrons. The summed E-state index contributed by atoms with van der Waals surface area (Å²) in [6.07, 6.45) is 3.08. The van der Waals surface area contributed by atoms with Gasteiger partial charge < -0.3 is 4.90 Å². The first-order valence-electron chi connectivity index (χ1n) is 6.22. The Morgan fingerprint density at radius 1 is 1.25 bits per heavy atom. The normalized spacial score (nSPS) is 14.4. The minimum Gasteiger partial charge on any atom is -0.323 e. The van der Waals surface area contributed by atoms with E-state index >= 15 is 0 Å². The Balaban J connectivity index is 1.95. The van der Waals surface area contributed by atoms with Crippen molar-refractivity contribution in [2.75, 3.05) is 11.9 Å². The largest absolute Gasteiger partial charge is 0.324 e. The Labute approximate surface area is 121 Å². The first-order chi connectivity index (χ1) is 9.65. The number of urea groups is 1. The van der Waals surface area contributed by atoms with Crippen LogP contribution in [0.15, 0.2) is 36.7 Å². The second kappa shape index (κ2) is 5.09. The number of nitrogens with zero attached hydrogens (tertiary/aromatic N) is 4. The molecular weight excluding hydrogens is 276 g/mol. The molecule has 20 heavy (non-hydrogen) atoms. The number of carbonyl (C=O) groups excluding carboxylic acids is 1. The summed E-state index contributed by atoms with van der Waals surface area (Å²) in [6, 6.07) is 7.84. The molecule has 1 aliphatic heterocycles. The van der Waals surface area contributed by atoms with Gasteiger partial charge in [-0.3, -0.25) is 9.88 Å². The lowest BCUT2D eigenvalue weighted by Gasteiger charge is -2.34. The van der Waals surface area contributed by atoms with E-state index in [1.54, 1.807) is 23.0 Å². The van der Waals surface area contributed by atoms with Crippen molar-refractivity contribution in [1.29, 1.82) is 0 Å². The van der Waals surface area contributed by atoms with Crippen molar-refractivity contribution < 1.29 is 4.79 Å². The zero-order valence-corrected chi connectivity index (χ0v) is 11.7. The third kappa shape index (κ3) is 2.32. The molecule has 1 aliphatic rings. The molecule has 0 radical (unpaired) electrons. The Morgan fingerprint density at radius 2 is 2.05 bits per heavy atom. The fourth-order valence-electron chi connectivity index (χ4n) is 2.28. The van der Waals surface area contributed by atoms with Crippen molar-refractivity contribution in [2.45, 2.75) is 13.1 Å². The number of rotatable bonds is 2. The highest BCUT2D eigenvalue weighted by molar-refractivity contribution is 6.29. The number of hydrogen-bond donors (Lipinski definition) is 0. The molecule has 0 aliphatic carbocycles. The monoisotopic (exact) mass is 288 g/mol. The van der Waals surface area contributed by atoms with E-state index in [1.165, 1.54) is 6.20 Å². The first-order valence-corrected chi connectivity index (χ1v) is 6.60. The molecule has 6 heteroatoms. The number of amides is 2. The van der Waals surface area contributed by atoms with Crippen LogP contribution in [0, 0.1) is 0 Å². The van der Waals surface area contributed by atoms with Gasteiger partial charge in [0.1, 0.15) is 5.15 Å². The van der Waals surface area contributed by atoms with Gasteiger partial charge in [-0.25, -0.2) is 9.78 Å². The topological polar surface area (TPSA) is 49.3 Å². The molecule has 2 heterocycles. The maximum Gasteiger partial charge on any atom is 0.324 e. The molecule has 1 aromatic carbocycles. The van der Waals surface area contributed by atoms with Gasteiger partial charge in [-0.15, -0.1) is 0 Å². The van der Waals surface area contributed by atoms with Gasteiger partial charge in [0.2, 0.25) is 0 Å². The molecule has 0 spiro atoms. The summed E-state index contributed by atoms with van der Waals surface area (Å²) in [5.41, 5.74) is 2.75. The molecule has 0 N–H and O–H groups in total. The predicted molar refractivity (Wildman–Crippen MR) is 76.5 cm³/mol. The van der Waals surface area contributed by atoms with Gasteiger partial charge in [0.25, 0.3) is 0 Å². The van der Waals surface area contributed by atoms with Crippen molar-refractivity contribution in [3.8, 4) is 0 Å². The molecule has 3 rings (SSSR count). The summed E-state index contributed by atoms with van der Waals surface area (Å²) >= 11 is 5.72. The lowest BCUT2D eigenvalue weighted by molar-refractivity contribution is 0.210. The quantitative estimate of drug-likeness (QED) is 0.854. The Bertz CT molecular complexity index is 644. The molecule has 2 amide bonds. The van der Waals surface area contributed by atoms with Crippen LogP contribution in [0.3, 0.4) is 0 Å². The van der Waals surface area contributed by atoms with Gasteiger partial charge >= 0.3 is 6.03 Å². The van der Waals surface area contributed by atoms with E-state index < -0.39 is 0 Å². The maximum atomic E-state index is 12.3. The Kier molecular flexibility index (Phi) is 3.28. The number of benzene rings is 1. The van der Waals surface area contributed by atoms with Crippen LogP contribution in [-0.4, -0.2) is 27.9 Å². The summed E-state index contributed by atoms with van der Waals surface area (Å²) in [5.74, 6) is 0. The van der Waals surface area contributed by atoms with E-state index in [1.807, 2.05) is 24.3 Å². The number of halogens is 1. The van der Waals surface area contributed by atoms with E-state index in [0.29, 0.717) is 23.9 Å². The van der Waals surface area contributed by atoms with Crippen LogP contribution in [0.1, 0.15) is 11.3 Å². The highest BCUT2D eigenvalue weighted by Gasteiger charge is 2.27. The van der Waals surface area contributed by atoms with Crippen LogP contribution in [0.25, 0.3) is 0 Å². The van der Waals surface area contributed by atoms with Crippen LogP contribution >= 0.6 is 11.6 Å². The minimum absolute atomic E-state index is 0.0412. The Hall–Kier alpha value is -2.14. The molecule has 0 atom stereocenters. The molecule has 0 bridgehead atoms. The smallest absolute Gasteiger partial charge is 0.323 e. The summed E-state index contributed by atoms with van der Waals surface area (Å²) in [5, 5.41) is 0.344. The highest BCUT2D eigenvalue weighted by atomic mass is 35.5. The van der Waals surface area contributed by atoms with Crippen molar-refractivity contribution >= 4 is 23.3 Å². The van der Waals surface area contributed by atoms with Crippen LogP contribution < -0.4 is 4.90 Å². The van der Waals surface area contributed by atoms with Crippen molar-refractivity contribution in [3.05, 3.63) is 53.1 Å². The van der Waals surface area contributed by atoms with Crippen LogP contribution in [-0.2, 0) is 13.1 Å². The first kappa shape index (κ1) is 12.9. The second-order valence-electron chi connectivity index (χ2n) is 4.68. The number of para-hydroxylation sites is 1. The highest BCUT2D eigenvalue weighted by Crippen LogP contribution is 2.28. The fourth-order valence-corrected chi connectivity index (χ4v) is 2.37. The zero-order chi connectivity index (χ0) is 14.1. The van der Waals surface area contributed by atoms with Crippen molar-refractivity contribution in [1.82, 2.24) is 14.9 Å². The molecule has 0 fully saturated rings. The van der Waals surface area contributed by atoms with Crippen LogP contribution in [0.4, 0.5) is 10.5 Å². The predicted octanol–water partition coefficient (Wildman–Crippen LogP) is 2.70. The lowest BCUT2D eigenvalue weighted by atomic mass is 10.1. The molecule has 0 unspecified atom stereocenters. The van der Waals surface area contributed by atoms with Gasteiger partial charge in [-0.05, 0) is 11.6 Å². The minimum atomic E-state index is -0.0412. The number of fused-ring (bicyclic) bond motifs is 1. The number of aromatic nitrogens is 2. The third-order valence-electron chi connectivity index (χ3n) is 3.24. The average molecular weight is 289 g/mol. The van der Waals surface area contributed by atoms with Gasteiger partial charge in [0, 0.05) is 13.6 Å². The standard InChI is InChI=1S/C14H13ClN4O/c1-18-8-10-4-2-3-5-12(10)19(14(18)20)9-11-6-17-13(15)7-16-11/h2-7H,8-9H2,1H3. The third-order valence-corrected chi connectivity index (χ3v) is 3.44. The van der Waals surface area contributed by atoms with Gasteiger partial charge in [-0.2, -0.15) is 0 Å². The molecular formula is C14H13ClN4O. The average Bonchev–Trinajstić information content (AvgIpc) is 2.46. The van der Waals surface area contributed by atoms with Crippen molar-refractivity contribution in [2.24, 2.45) is 0 Å². The van der Waals surface area contributed by atoms with Crippen molar-refractivity contribution in [3.63, 3.8) is 0 Å². The molecule has 2 aromatic rings. The fraction of sp³-hybridized carbons (Fsp3) is 0.214. The molecule has 0 saturated heterocycles. The summed E-state index contributed by atoms with van der Waals surface area (Å²) in [6.45, 7) is 1.00. The summed E-state index contributed by atoms with van der Waals surface area (Å²) in [7, 11) is 1.79. The van der Waals surface area contributed by atoms with E-state index in [0.717, 1.165) is 11.3 Å². The summed E-state index contributed by atoms with van der Waals surface area (Å²) in [4.78, 5) is 23.9. The Morgan fingerprint density at radius 3 is 2.80 bits per heavy atom. The molecule has 0 saturated carbocycles. The SMILES string of the molecule is CN1Cc2ccccc2N(Cc2cnc(Cl)cn2)C1=O. The van der Waals surface area contributed by atoms with Crippen LogP contribution in [0.2, 0.25) is 5.15 Å². The van der Waals surface area contributed by atoms with E-state index in [9.17, 15) is 4.79 Å². The lowest BCUT2D eigenvalue weighted by Crippen LogP contribution is -2.44. The number of carbonyl (C=O) groups is 1. The van der Waals surface area contributed by atoms with E-state index in [4.69, 9.17) is 11.6 Å². The second-order valence-corrected chi connectivity index (χ2v) is 5.07. The van der Waals surface area contributed by atoms with Gasteiger partial charge in [0.05, 0.1) is 30.3 Å². The zero-order valence-electron chi connectivity index (χ0n) is 11.0. The van der Waals surface area contributed by atoms with E-state index in [2.05, 4.69) is 9.97 Å². The summed E-state index contributed by atoms with van der Waals surface area (Å²) < 4.78 is 0. The molecule has 1 aromatic heterocycles. The molecule has 5 nitrogen and oxygen atoms in total. The number of anilines is 1. The van der Waals surface area contributed by atoms with Crippen LogP contribution in [0.5, 0.6) is 0 Å².